The van der Waals surface area contributed by atoms with Gasteiger partial charge in [0, 0.05) is 26.3 Å². The van der Waals surface area contributed by atoms with Crippen molar-refractivity contribution in [2.24, 2.45) is 0 Å². The molecule has 2 atom stereocenters. The van der Waals surface area contributed by atoms with Gasteiger partial charge in [-0.3, -0.25) is 9.13 Å². The summed E-state index contributed by atoms with van der Waals surface area (Å²) in [4.78, 5) is 27.8. The third-order valence-electron chi connectivity index (χ3n) is 7.08. The minimum atomic E-state index is -0.0286. The van der Waals surface area contributed by atoms with Crippen LogP contribution in [0.25, 0.3) is 22.3 Å². The smallest absolute Gasteiger partial charge is 0.229 e. The Kier molecular flexibility index (Phi) is 7.59. The van der Waals surface area contributed by atoms with Gasteiger partial charge in [-0.25, -0.2) is 9.97 Å². The molecule has 3 aliphatic rings. The molecule has 4 aromatic heterocycles. The van der Waals surface area contributed by atoms with Gasteiger partial charge < -0.3 is 30.6 Å². The van der Waals surface area contributed by atoms with E-state index in [2.05, 4.69) is 29.8 Å². The van der Waals surface area contributed by atoms with Gasteiger partial charge in [-0.2, -0.15) is 19.9 Å². The van der Waals surface area contributed by atoms with Crippen molar-refractivity contribution in [3.8, 4) is 0 Å². The van der Waals surface area contributed by atoms with Crippen LogP contribution in [-0.2, 0) is 14.2 Å². The predicted molar refractivity (Wildman–Crippen MR) is 145 cm³/mol. The van der Waals surface area contributed by atoms with Crippen LogP contribution in [0.1, 0.15) is 51.0 Å². The number of anilines is 3. The van der Waals surface area contributed by atoms with Gasteiger partial charge in [-0.15, -0.1) is 0 Å². The van der Waals surface area contributed by atoms with E-state index in [0.717, 1.165) is 70.5 Å². The van der Waals surface area contributed by atoms with Crippen LogP contribution in [0.2, 0.25) is 5.28 Å². The van der Waals surface area contributed by atoms with Crippen LogP contribution < -0.4 is 16.4 Å². The lowest BCUT2D eigenvalue weighted by molar-refractivity contribution is -0.0299. The van der Waals surface area contributed by atoms with Gasteiger partial charge in [-0.05, 0) is 50.1 Å². The van der Waals surface area contributed by atoms with Crippen molar-refractivity contribution in [3.63, 3.8) is 0 Å². The summed E-state index contributed by atoms with van der Waals surface area (Å²) in [5.41, 5.74) is 14.4. The van der Waals surface area contributed by atoms with Crippen LogP contribution in [0.3, 0.4) is 0 Å². The number of fused-ring (bicyclic) bond motifs is 2. The second kappa shape index (κ2) is 11.4. The molecule has 208 valence electrons. The lowest BCUT2D eigenvalue weighted by Crippen LogP contribution is -2.37. The van der Waals surface area contributed by atoms with Crippen LogP contribution in [0.4, 0.5) is 17.6 Å². The number of hydrogen-bond donors (Lipinski definition) is 2. The van der Waals surface area contributed by atoms with Crippen molar-refractivity contribution >= 4 is 51.5 Å². The molecule has 4 N–H and O–H groups in total. The summed E-state index contributed by atoms with van der Waals surface area (Å²) in [6.45, 7) is 4.47. The standard InChI is InChI=1S/C14H20N6O2.C10H12ClN5O/c15-12-11-13(18-14(17-12)19-4-7-21-8-5-19)20(9-16-11)10-3-1-2-6-22-10;11-10-14-8(12)7-9(15-10)16(5-13-7)6-3-1-2-4-17-6/h9-10H,1-8H2,(H2,15,17,18);5-6H,1-4H2,(H2,12,14,15). The molecule has 0 aromatic carbocycles. The van der Waals surface area contributed by atoms with E-state index < -0.39 is 0 Å². The van der Waals surface area contributed by atoms with E-state index in [9.17, 15) is 0 Å². The Morgan fingerprint density at radius 2 is 1.28 bits per heavy atom. The molecular formula is C24H32ClN11O3. The fourth-order valence-corrected chi connectivity index (χ4v) is 5.22. The van der Waals surface area contributed by atoms with E-state index in [1.165, 1.54) is 0 Å². The van der Waals surface area contributed by atoms with E-state index in [1.807, 2.05) is 9.13 Å². The summed E-state index contributed by atoms with van der Waals surface area (Å²) >= 11 is 5.81. The number of ether oxygens (including phenoxy) is 3. The highest BCUT2D eigenvalue weighted by atomic mass is 35.5. The van der Waals surface area contributed by atoms with Gasteiger partial charge >= 0.3 is 0 Å². The van der Waals surface area contributed by atoms with Crippen LogP contribution in [0.15, 0.2) is 12.7 Å². The van der Waals surface area contributed by atoms with E-state index >= 15 is 0 Å². The normalized spacial score (nSPS) is 22.1. The Bertz CT molecular complexity index is 1430. The third kappa shape index (κ3) is 5.41. The topological polar surface area (TPSA) is 170 Å². The van der Waals surface area contributed by atoms with Crippen LogP contribution in [0.5, 0.6) is 0 Å². The number of halogens is 1. The zero-order valence-corrected chi connectivity index (χ0v) is 22.3. The van der Waals surface area contributed by atoms with Crippen LogP contribution in [-0.4, -0.2) is 78.6 Å². The molecular weight excluding hydrogens is 526 g/mol. The summed E-state index contributed by atoms with van der Waals surface area (Å²) in [5, 5.41) is 0.132. The number of aromatic nitrogens is 8. The highest BCUT2D eigenvalue weighted by Gasteiger charge is 2.23. The molecule has 0 bridgehead atoms. The molecule has 3 aliphatic heterocycles. The highest BCUT2D eigenvalue weighted by Crippen LogP contribution is 2.29. The number of rotatable bonds is 3. The molecule has 4 aromatic rings. The summed E-state index contributed by atoms with van der Waals surface area (Å²) in [5.74, 6) is 1.36. The predicted octanol–water partition coefficient (Wildman–Crippen LogP) is 2.71. The highest BCUT2D eigenvalue weighted by molar-refractivity contribution is 6.28. The third-order valence-corrected chi connectivity index (χ3v) is 7.25. The van der Waals surface area contributed by atoms with E-state index in [0.29, 0.717) is 47.5 Å². The van der Waals surface area contributed by atoms with Crippen LogP contribution in [0, 0.1) is 0 Å². The molecule has 0 radical (unpaired) electrons. The summed E-state index contributed by atoms with van der Waals surface area (Å²) in [6, 6.07) is 0. The van der Waals surface area contributed by atoms with Gasteiger partial charge in [0.1, 0.15) is 23.5 Å². The molecule has 0 amide bonds. The van der Waals surface area contributed by atoms with Crippen molar-refractivity contribution in [1.29, 1.82) is 0 Å². The summed E-state index contributed by atoms with van der Waals surface area (Å²) in [7, 11) is 0. The average molecular weight is 558 g/mol. The first-order chi connectivity index (χ1) is 19.1. The molecule has 7 rings (SSSR count). The maximum Gasteiger partial charge on any atom is 0.229 e. The monoisotopic (exact) mass is 557 g/mol. The molecule has 7 heterocycles. The fourth-order valence-electron chi connectivity index (χ4n) is 5.05. The quantitative estimate of drug-likeness (QED) is 0.353. The number of morpholine rings is 1. The number of nitrogens with zero attached hydrogens (tertiary/aromatic N) is 9. The molecule has 3 fully saturated rings. The second-order valence-electron chi connectivity index (χ2n) is 9.68. The Hall–Kier alpha value is -3.33. The van der Waals surface area contributed by atoms with Crippen molar-refractivity contribution in [2.75, 3.05) is 55.9 Å². The average Bonchev–Trinajstić information content (AvgIpc) is 3.60. The molecule has 0 saturated carbocycles. The van der Waals surface area contributed by atoms with E-state index in [1.54, 1.807) is 12.7 Å². The van der Waals surface area contributed by atoms with Gasteiger partial charge in [0.2, 0.25) is 11.2 Å². The largest absolute Gasteiger partial charge is 0.382 e. The number of nitrogens with two attached hydrogens (primary N) is 2. The molecule has 2 unspecified atom stereocenters. The summed E-state index contributed by atoms with van der Waals surface area (Å²) in [6.07, 6.45) is 9.83. The van der Waals surface area contributed by atoms with Gasteiger partial charge in [0.05, 0.1) is 25.9 Å². The van der Waals surface area contributed by atoms with Crippen molar-refractivity contribution in [2.45, 2.75) is 51.0 Å². The first-order valence-corrected chi connectivity index (χ1v) is 13.7. The lowest BCUT2D eigenvalue weighted by atomic mass is 10.2. The molecule has 15 heteroatoms. The van der Waals surface area contributed by atoms with Gasteiger partial charge in [0.25, 0.3) is 0 Å². The molecule has 0 aliphatic carbocycles. The van der Waals surface area contributed by atoms with Crippen molar-refractivity contribution < 1.29 is 14.2 Å². The van der Waals surface area contributed by atoms with Gasteiger partial charge in [0.15, 0.2) is 22.9 Å². The Morgan fingerprint density at radius 3 is 1.85 bits per heavy atom. The Morgan fingerprint density at radius 1 is 0.718 bits per heavy atom. The SMILES string of the molecule is Nc1nc(Cl)nc2c1ncn2C1CCCCO1.Nc1nc(N2CCOCC2)nc2c1ncn2C1CCCCO1. The molecule has 39 heavy (non-hydrogen) atoms. The molecule has 0 spiro atoms. The maximum absolute atomic E-state index is 6.08. The zero-order chi connectivity index (χ0) is 26.8. The van der Waals surface area contributed by atoms with Gasteiger partial charge in [-0.1, -0.05) is 0 Å². The number of hydrogen-bond acceptors (Lipinski definition) is 12. The fraction of sp³-hybridized carbons (Fsp3) is 0.583. The first-order valence-electron chi connectivity index (χ1n) is 13.3. The Balaban J connectivity index is 0.000000147. The zero-order valence-electron chi connectivity index (χ0n) is 21.6. The first kappa shape index (κ1) is 25.9. The van der Waals surface area contributed by atoms with E-state index in [4.69, 9.17) is 42.3 Å². The van der Waals surface area contributed by atoms with Crippen molar-refractivity contribution in [1.82, 2.24) is 39.0 Å². The van der Waals surface area contributed by atoms with Crippen molar-refractivity contribution in [3.05, 3.63) is 17.9 Å². The summed E-state index contributed by atoms with van der Waals surface area (Å²) < 4.78 is 20.8. The minimum Gasteiger partial charge on any atom is -0.382 e. The number of imidazole rings is 2. The second-order valence-corrected chi connectivity index (χ2v) is 10.0. The maximum atomic E-state index is 6.08. The number of nitrogen functional groups attached to an aromatic ring is 2. The molecule has 14 nitrogen and oxygen atoms in total. The molecule has 3 saturated heterocycles. The minimum absolute atomic E-state index is 0.00871. The Labute approximate surface area is 229 Å². The van der Waals surface area contributed by atoms with Crippen LogP contribution >= 0.6 is 11.6 Å². The van der Waals surface area contributed by atoms with E-state index in [-0.39, 0.29) is 17.7 Å². The lowest BCUT2D eigenvalue weighted by Gasteiger charge is -2.27.